The van der Waals surface area contributed by atoms with Crippen LogP contribution in [0.5, 0.6) is 5.75 Å². The van der Waals surface area contributed by atoms with Gasteiger partial charge in [0.25, 0.3) is 15.9 Å². The molecule has 0 saturated carbocycles. The first-order chi connectivity index (χ1) is 22.8. The molecule has 4 aromatic carbocycles. The third kappa shape index (κ3) is 7.14. The Morgan fingerprint density at radius 3 is 1.83 bits per heavy atom. The van der Waals surface area contributed by atoms with Crippen molar-refractivity contribution in [3.8, 4) is 5.75 Å². The average Bonchev–Trinajstić information content (AvgIpc) is 3.06. The molecule has 0 fully saturated rings. The highest BCUT2D eigenvalue weighted by Crippen LogP contribution is 2.40. The molecular formula is C35H29F4N2O5S2+. The standard InChI is InChI=1S/C35H29F4N2O5S2/c1-23-19-27(47(25-11-5-3-6-12-25)26-13-7-4-8-14-26)20-24(2)33(23)45-18-17-34(36,37)35(38,39)22-46-48(43,44)31-21-30(41-40)32(42)29-16-10-9-15-28(29)31/h3-16,19-21H,17-18,22H2,1-2H3/q+1. The van der Waals surface area contributed by atoms with E-state index in [0.29, 0.717) is 17.2 Å². The van der Waals surface area contributed by atoms with E-state index in [1.54, 1.807) is 13.8 Å². The van der Waals surface area contributed by atoms with Crippen LogP contribution in [0.3, 0.4) is 0 Å². The van der Waals surface area contributed by atoms with Crippen molar-refractivity contribution >= 4 is 37.4 Å². The summed E-state index contributed by atoms with van der Waals surface area (Å²) in [4.78, 5) is 17.4. The van der Waals surface area contributed by atoms with E-state index in [1.165, 1.54) is 24.3 Å². The van der Waals surface area contributed by atoms with Crippen molar-refractivity contribution in [2.45, 2.75) is 46.8 Å². The van der Waals surface area contributed by atoms with E-state index in [-0.39, 0.29) is 16.9 Å². The van der Waals surface area contributed by atoms with Crippen LogP contribution in [-0.4, -0.2) is 49.8 Å². The Hall–Kier alpha value is -4.55. The topological polar surface area (TPSA) is 106 Å². The minimum absolute atomic E-state index is 0.195. The van der Waals surface area contributed by atoms with Gasteiger partial charge in [0.05, 0.1) is 30.0 Å². The Kier molecular flexibility index (Phi) is 10.1. The number of rotatable bonds is 12. The number of halogens is 4. The highest BCUT2D eigenvalue weighted by Gasteiger charge is 2.57. The Morgan fingerprint density at radius 2 is 1.29 bits per heavy atom. The number of ether oxygens (including phenoxy) is 1. The summed E-state index contributed by atoms with van der Waals surface area (Å²) in [5.74, 6) is -10.2. The molecule has 0 aliphatic heterocycles. The molecule has 0 N–H and O–H groups in total. The van der Waals surface area contributed by atoms with Crippen LogP contribution < -0.4 is 4.74 Å². The summed E-state index contributed by atoms with van der Waals surface area (Å²) in [5, 5.41) is 0. The molecule has 0 radical (unpaired) electrons. The van der Waals surface area contributed by atoms with Crippen LogP contribution in [0.15, 0.2) is 118 Å². The SMILES string of the molecule is Cc1cc([S+](c2ccccc2)c2ccccc2)cc(C)c1OCCC(F)(F)C(F)(F)COS(=O)(=O)C1=CC(=[N+]=[N-])C(=O)c2ccccc21. The maximum absolute atomic E-state index is 14.9. The van der Waals surface area contributed by atoms with Crippen LogP contribution in [0.1, 0.15) is 33.5 Å². The van der Waals surface area contributed by atoms with Crippen molar-refractivity contribution in [1.29, 1.82) is 0 Å². The number of carbonyl (C=O) groups is 1. The summed E-state index contributed by atoms with van der Waals surface area (Å²) in [5.41, 5.74) is 9.28. The van der Waals surface area contributed by atoms with Crippen LogP contribution >= 0.6 is 0 Å². The van der Waals surface area contributed by atoms with Crippen molar-refractivity contribution in [2.24, 2.45) is 0 Å². The van der Waals surface area contributed by atoms with Crippen molar-refractivity contribution in [3.63, 3.8) is 0 Å². The molecule has 248 valence electrons. The third-order valence-electron chi connectivity index (χ3n) is 7.53. The molecule has 13 heteroatoms. The van der Waals surface area contributed by atoms with E-state index in [4.69, 9.17) is 10.3 Å². The molecule has 0 bridgehead atoms. The lowest BCUT2D eigenvalue weighted by Crippen LogP contribution is -2.45. The van der Waals surface area contributed by atoms with Crippen molar-refractivity contribution in [1.82, 2.24) is 0 Å². The summed E-state index contributed by atoms with van der Waals surface area (Å²) < 4.78 is 95.1. The fraction of sp³-hybridized carbons (Fsp3) is 0.200. The molecule has 0 unspecified atom stereocenters. The van der Waals surface area contributed by atoms with Gasteiger partial charge in [0, 0.05) is 23.3 Å². The number of nitrogens with zero attached hydrogens (tertiary/aromatic N) is 2. The maximum atomic E-state index is 14.9. The number of Topliss-reactive ketones (excluding diaryl/α,β-unsaturated/α-hetero) is 1. The zero-order valence-electron chi connectivity index (χ0n) is 25.7. The Bertz CT molecular complexity index is 1970. The lowest BCUT2D eigenvalue weighted by Gasteiger charge is -2.26. The molecule has 7 nitrogen and oxygen atoms in total. The van der Waals surface area contributed by atoms with Gasteiger partial charge in [-0.3, -0.25) is 8.98 Å². The van der Waals surface area contributed by atoms with Gasteiger partial charge in [0.2, 0.25) is 0 Å². The van der Waals surface area contributed by atoms with E-state index in [0.717, 1.165) is 14.7 Å². The first-order valence-electron chi connectivity index (χ1n) is 14.6. The second kappa shape index (κ2) is 13.9. The van der Waals surface area contributed by atoms with Gasteiger partial charge in [-0.05, 0) is 49.2 Å². The summed E-state index contributed by atoms with van der Waals surface area (Å²) in [6.45, 7) is 0.507. The number of alkyl halides is 4. The summed E-state index contributed by atoms with van der Waals surface area (Å²) in [6.07, 6.45) is -0.813. The van der Waals surface area contributed by atoms with E-state index in [1.807, 2.05) is 72.8 Å². The number of allylic oxidation sites excluding steroid dienone is 1. The van der Waals surface area contributed by atoms with E-state index in [9.17, 15) is 30.8 Å². The molecule has 0 amide bonds. The molecule has 0 atom stereocenters. The van der Waals surface area contributed by atoms with Gasteiger partial charge in [-0.2, -0.15) is 30.8 Å². The smallest absolute Gasteiger partial charge is 0.364 e. The minimum Gasteiger partial charge on any atom is -0.493 e. The Morgan fingerprint density at radius 1 is 0.771 bits per heavy atom. The van der Waals surface area contributed by atoms with Crippen molar-refractivity contribution in [3.05, 3.63) is 131 Å². The maximum Gasteiger partial charge on any atom is 0.364 e. The predicted octanol–water partition coefficient (Wildman–Crippen LogP) is 7.69. The summed E-state index contributed by atoms with van der Waals surface area (Å²) in [7, 11) is -5.59. The molecular weight excluding hydrogens is 669 g/mol. The summed E-state index contributed by atoms with van der Waals surface area (Å²) >= 11 is 0. The number of hydrogen-bond donors (Lipinski definition) is 0. The number of hydrogen-bond acceptors (Lipinski definition) is 5. The van der Waals surface area contributed by atoms with Crippen LogP contribution in [-0.2, 0) is 25.2 Å². The molecule has 1 aliphatic rings. The van der Waals surface area contributed by atoms with Crippen LogP contribution in [0.25, 0.3) is 10.4 Å². The molecule has 0 spiro atoms. The number of ketones is 1. The van der Waals surface area contributed by atoms with Gasteiger partial charge < -0.3 is 10.3 Å². The van der Waals surface area contributed by atoms with Crippen molar-refractivity contribution < 1.29 is 44.5 Å². The fourth-order valence-electron chi connectivity index (χ4n) is 5.14. The number of carbonyl (C=O) groups excluding carboxylic acids is 1. The number of fused-ring (bicyclic) bond motifs is 1. The van der Waals surface area contributed by atoms with Crippen LogP contribution in [0, 0.1) is 13.8 Å². The molecule has 48 heavy (non-hydrogen) atoms. The van der Waals surface area contributed by atoms with Gasteiger partial charge >= 0.3 is 17.6 Å². The Balaban J connectivity index is 1.28. The zero-order chi connectivity index (χ0) is 34.7. The number of aryl methyl sites for hydroxylation is 2. The highest BCUT2D eigenvalue weighted by atomic mass is 32.2. The van der Waals surface area contributed by atoms with E-state index >= 15 is 0 Å². The fourth-order valence-corrected chi connectivity index (χ4v) is 8.54. The molecule has 0 aromatic heterocycles. The number of benzene rings is 4. The lowest BCUT2D eigenvalue weighted by atomic mass is 9.95. The van der Waals surface area contributed by atoms with Crippen LogP contribution in [0.4, 0.5) is 17.6 Å². The molecule has 5 rings (SSSR count). The quantitative estimate of drug-likeness (QED) is 0.0496. The van der Waals surface area contributed by atoms with Crippen LogP contribution in [0.2, 0.25) is 0 Å². The second-order valence-corrected chi connectivity index (χ2v) is 14.5. The highest BCUT2D eigenvalue weighted by molar-refractivity contribution is 7.97. The molecule has 0 heterocycles. The van der Waals surface area contributed by atoms with E-state index < -0.39 is 68.9 Å². The van der Waals surface area contributed by atoms with Crippen molar-refractivity contribution in [2.75, 3.05) is 13.2 Å². The largest absolute Gasteiger partial charge is 0.493 e. The van der Waals surface area contributed by atoms with Gasteiger partial charge in [0.15, 0.2) is 14.7 Å². The second-order valence-electron chi connectivity index (χ2n) is 10.9. The predicted molar refractivity (Wildman–Crippen MR) is 173 cm³/mol. The molecule has 4 aromatic rings. The molecule has 0 saturated heterocycles. The Labute approximate surface area is 277 Å². The monoisotopic (exact) mass is 697 g/mol. The van der Waals surface area contributed by atoms with Gasteiger partial charge in [-0.15, -0.1) is 0 Å². The first kappa shape index (κ1) is 34.8. The zero-order valence-corrected chi connectivity index (χ0v) is 27.3. The van der Waals surface area contributed by atoms with Gasteiger partial charge in [-0.25, -0.2) is 0 Å². The minimum atomic E-state index is -5.11. The summed E-state index contributed by atoms with van der Waals surface area (Å²) in [6, 6.07) is 28.7. The normalized spacial score (nSPS) is 13.6. The molecule has 1 aliphatic carbocycles. The van der Waals surface area contributed by atoms with Gasteiger partial charge in [-0.1, -0.05) is 60.7 Å². The third-order valence-corrected chi connectivity index (χ3v) is 11.0. The average molecular weight is 698 g/mol. The first-order valence-corrected chi connectivity index (χ1v) is 17.2. The van der Waals surface area contributed by atoms with Gasteiger partial charge in [0.1, 0.15) is 17.3 Å². The lowest BCUT2D eigenvalue weighted by molar-refractivity contribution is -0.225. The van der Waals surface area contributed by atoms with E-state index in [2.05, 4.69) is 8.97 Å².